The van der Waals surface area contributed by atoms with Crippen molar-refractivity contribution in [3.8, 4) is 0 Å². The molecule has 84 valence electrons. The fraction of sp³-hybridized carbons (Fsp3) is 0.0714. The van der Waals surface area contributed by atoms with Crippen molar-refractivity contribution in [3.05, 3.63) is 47.9 Å². The van der Waals surface area contributed by atoms with Gasteiger partial charge in [-0.05, 0) is 35.9 Å². The molecule has 3 rings (SSSR count). The molecule has 0 amide bonds. The topological polar surface area (TPSA) is 38.9 Å². The van der Waals surface area contributed by atoms with Crippen molar-refractivity contribution in [3.63, 3.8) is 0 Å². The predicted octanol–water partition coefficient (Wildman–Crippen LogP) is 3.42. The van der Waals surface area contributed by atoms with Crippen LogP contribution in [0.5, 0.6) is 0 Å². The molecule has 0 fully saturated rings. The standard InChI is InChI=1S/C14H11FN2/c1-8-2-3-10-9(6-8)7-12(16)14-11(10)4-5-13(15)17-14/h2-7H,16H2,1H3. The summed E-state index contributed by atoms with van der Waals surface area (Å²) in [6.45, 7) is 2.03. The van der Waals surface area contributed by atoms with Gasteiger partial charge in [-0.15, -0.1) is 0 Å². The molecule has 1 aromatic heterocycles. The summed E-state index contributed by atoms with van der Waals surface area (Å²) in [5.74, 6) is -0.504. The van der Waals surface area contributed by atoms with Gasteiger partial charge < -0.3 is 5.73 Å². The van der Waals surface area contributed by atoms with Gasteiger partial charge in [0.2, 0.25) is 5.95 Å². The summed E-state index contributed by atoms with van der Waals surface area (Å²) >= 11 is 0. The molecule has 0 spiro atoms. The number of nitrogen functional groups attached to an aromatic ring is 1. The van der Waals surface area contributed by atoms with Crippen molar-refractivity contribution < 1.29 is 4.39 Å². The number of fused-ring (bicyclic) bond motifs is 3. The van der Waals surface area contributed by atoms with E-state index in [0.29, 0.717) is 11.2 Å². The van der Waals surface area contributed by atoms with E-state index >= 15 is 0 Å². The molecule has 17 heavy (non-hydrogen) atoms. The summed E-state index contributed by atoms with van der Waals surface area (Å²) in [5.41, 5.74) is 8.13. The number of aryl methyl sites for hydroxylation is 1. The molecule has 2 nitrogen and oxygen atoms in total. The SMILES string of the molecule is Cc1ccc2c(c1)cc(N)c1nc(F)ccc12. The Kier molecular flexibility index (Phi) is 2.01. The molecule has 0 saturated carbocycles. The van der Waals surface area contributed by atoms with E-state index < -0.39 is 5.95 Å². The van der Waals surface area contributed by atoms with E-state index in [9.17, 15) is 4.39 Å². The third-order valence-corrected chi connectivity index (χ3v) is 2.94. The van der Waals surface area contributed by atoms with Crippen LogP contribution in [0.2, 0.25) is 0 Å². The molecule has 0 saturated heterocycles. The van der Waals surface area contributed by atoms with Gasteiger partial charge in [-0.2, -0.15) is 4.39 Å². The Bertz CT molecular complexity index is 735. The average Bonchev–Trinajstić information content (AvgIpc) is 2.29. The second-order valence-corrected chi connectivity index (χ2v) is 4.22. The highest BCUT2D eigenvalue weighted by Crippen LogP contribution is 2.29. The number of nitrogens with zero attached hydrogens (tertiary/aromatic N) is 1. The van der Waals surface area contributed by atoms with Gasteiger partial charge in [0.25, 0.3) is 0 Å². The maximum Gasteiger partial charge on any atom is 0.213 e. The van der Waals surface area contributed by atoms with Crippen molar-refractivity contribution in [2.75, 3.05) is 5.73 Å². The number of benzene rings is 2. The van der Waals surface area contributed by atoms with Crippen LogP contribution in [-0.4, -0.2) is 4.98 Å². The second-order valence-electron chi connectivity index (χ2n) is 4.22. The second kappa shape index (κ2) is 3.42. The monoisotopic (exact) mass is 226 g/mol. The van der Waals surface area contributed by atoms with Crippen LogP contribution in [-0.2, 0) is 0 Å². The number of anilines is 1. The number of nitrogens with two attached hydrogens (primary N) is 1. The van der Waals surface area contributed by atoms with Gasteiger partial charge in [0.1, 0.15) is 0 Å². The first-order valence-electron chi connectivity index (χ1n) is 5.40. The normalized spacial score (nSPS) is 11.2. The maximum absolute atomic E-state index is 13.1. The van der Waals surface area contributed by atoms with Gasteiger partial charge in [0.05, 0.1) is 11.2 Å². The van der Waals surface area contributed by atoms with Crippen LogP contribution in [0, 0.1) is 12.9 Å². The third kappa shape index (κ3) is 1.51. The van der Waals surface area contributed by atoms with Crippen molar-refractivity contribution in [2.24, 2.45) is 0 Å². The molecule has 0 unspecified atom stereocenters. The van der Waals surface area contributed by atoms with Crippen molar-refractivity contribution in [1.82, 2.24) is 4.98 Å². The van der Waals surface area contributed by atoms with Gasteiger partial charge in [0, 0.05) is 5.39 Å². The van der Waals surface area contributed by atoms with E-state index in [-0.39, 0.29) is 0 Å². The lowest BCUT2D eigenvalue weighted by atomic mass is 10.0. The Balaban J connectivity index is 2.55. The summed E-state index contributed by atoms with van der Waals surface area (Å²) in [4.78, 5) is 3.86. The third-order valence-electron chi connectivity index (χ3n) is 2.94. The zero-order valence-electron chi connectivity index (χ0n) is 9.37. The smallest absolute Gasteiger partial charge is 0.213 e. The number of pyridine rings is 1. The lowest BCUT2D eigenvalue weighted by Crippen LogP contribution is -1.93. The highest BCUT2D eigenvalue weighted by molar-refractivity contribution is 6.10. The number of hydrogen-bond donors (Lipinski definition) is 1. The van der Waals surface area contributed by atoms with Crippen LogP contribution in [0.3, 0.4) is 0 Å². The zero-order valence-corrected chi connectivity index (χ0v) is 9.37. The Morgan fingerprint density at radius 1 is 1.06 bits per heavy atom. The number of rotatable bonds is 0. The lowest BCUT2D eigenvalue weighted by molar-refractivity contribution is 0.589. The van der Waals surface area contributed by atoms with Crippen molar-refractivity contribution >= 4 is 27.4 Å². The van der Waals surface area contributed by atoms with E-state index in [1.807, 2.05) is 25.1 Å². The molecule has 0 aliphatic heterocycles. The molecule has 1 heterocycles. The highest BCUT2D eigenvalue weighted by Gasteiger charge is 2.06. The number of halogens is 1. The van der Waals surface area contributed by atoms with Crippen molar-refractivity contribution in [1.29, 1.82) is 0 Å². The first kappa shape index (κ1) is 10.0. The molecule has 0 atom stereocenters. The molecule has 0 aliphatic rings. The highest BCUT2D eigenvalue weighted by atomic mass is 19.1. The van der Waals surface area contributed by atoms with Gasteiger partial charge >= 0.3 is 0 Å². The van der Waals surface area contributed by atoms with Gasteiger partial charge in [-0.3, -0.25) is 0 Å². The van der Waals surface area contributed by atoms with Gasteiger partial charge in [-0.25, -0.2) is 4.98 Å². The molecule has 0 aliphatic carbocycles. The number of hydrogen-bond acceptors (Lipinski definition) is 2. The Hall–Kier alpha value is -2.16. The first-order valence-corrected chi connectivity index (χ1v) is 5.40. The van der Waals surface area contributed by atoms with E-state index in [2.05, 4.69) is 11.1 Å². The Labute approximate surface area is 97.9 Å². The number of aromatic nitrogens is 1. The minimum Gasteiger partial charge on any atom is -0.397 e. The minimum atomic E-state index is -0.504. The van der Waals surface area contributed by atoms with Crippen LogP contribution in [0.4, 0.5) is 10.1 Å². The van der Waals surface area contributed by atoms with Gasteiger partial charge in [0.15, 0.2) is 0 Å². The van der Waals surface area contributed by atoms with E-state index in [1.54, 1.807) is 6.07 Å². The molecule has 3 aromatic rings. The average molecular weight is 226 g/mol. The summed E-state index contributed by atoms with van der Waals surface area (Å²) in [5, 5.41) is 3.00. The van der Waals surface area contributed by atoms with E-state index in [0.717, 1.165) is 16.2 Å². The summed E-state index contributed by atoms with van der Waals surface area (Å²) in [7, 11) is 0. The Morgan fingerprint density at radius 3 is 2.65 bits per heavy atom. The van der Waals surface area contributed by atoms with Crippen LogP contribution in [0.25, 0.3) is 21.7 Å². The van der Waals surface area contributed by atoms with Gasteiger partial charge in [-0.1, -0.05) is 23.8 Å². The summed E-state index contributed by atoms with van der Waals surface area (Å²) in [6, 6.07) is 11.0. The van der Waals surface area contributed by atoms with Crippen LogP contribution in [0.1, 0.15) is 5.56 Å². The Morgan fingerprint density at radius 2 is 1.82 bits per heavy atom. The summed E-state index contributed by atoms with van der Waals surface area (Å²) in [6.07, 6.45) is 0. The molecule has 2 N–H and O–H groups in total. The van der Waals surface area contributed by atoms with E-state index in [4.69, 9.17) is 5.73 Å². The van der Waals surface area contributed by atoms with Crippen LogP contribution < -0.4 is 5.73 Å². The fourth-order valence-electron chi connectivity index (χ4n) is 2.16. The van der Waals surface area contributed by atoms with Crippen LogP contribution in [0.15, 0.2) is 36.4 Å². The zero-order chi connectivity index (χ0) is 12.0. The largest absolute Gasteiger partial charge is 0.397 e. The quantitative estimate of drug-likeness (QED) is 0.362. The maximum atomic E-state index is 13.1. The fourth-order valence-corrected chi connectivity index (χ4v) is 2.16. The molecule has 2 aromatic carbocycles. The lowest BCUT2D eigenvalue weighted by Gasteiger charge is -2.07. The first-order chi connectivity index (χ1) is 8.15. The van der Waals surface area contributed by atoms with E-state index in [1.165, 1.54) is 11.6 Å². The minimum absolute atomic E-state index is 0.504. The molecule has 3 heteroatoms. The molecular weight excluding hydrogens is 215 g/mol. The van der Waals surface area contributed by atoms with Crippen molar-refractivity contribution in [2.45, 2.75) is 6.92 Å². The molecule has 0 bridgehead atoms. The molecular formula is C14H11FN2. The summed E-state index contributed by atoms with van der Waals surface area (Å²) < 4.78 is 13.1. The molecule has 0 radical (unpaired) electrons. The van der Waals surface area contributed by atoms with Crippen LogP contribution >= 0.6 is 0 Å². The predicted molar refractivity (Wildman–Crippen MR) is 68.4 cm³/mol.